The smallest absolute Gasteiger partial charge is 0.274 e. The zero-order valence-corrected chi connectivity index (χ0v) is 14.2. The Kier molecular flexibility index (Phi) is 3.62. The summed E-state index contributed by atoms with van der Waals surface area (Å²) in [7, 11) is 0. The van der Waals surface area contributed by atoms with Gasteiger partial charge in [-0.1, -0.05) is 32.0 Å². The Balaban J connectivity index is 1.45. The maximum absolute atomic E-state index is 12.8. The van der Waals surface area contributed by atoms with E-state index in [9.17, 15) is 4.79 Å². The number of benzene rings is 1. The molecule has 4 rings (SSSR count). The predicted octanol–water partition coefficient (Wildman–Crippen LogP) is 2.57. The monoisotopic (exact) mass is 329 g/mol. The molecule has 128 valence electrons. The van der Waals surface area contributed by atoms with E-state index in [4.69, 9.17) is 9.47 Å². The molecule has 0 aliphatic carbocycles. The van der Waals surface area contributed by atoms with E-state index in [0.29, 0.717) is 44.8 Å². The number of carbonyl (C=O) groups is 1. The maximum atomic E-state index is 12.8. The number of fused-ring (bicyclic) bond motifs is 1. The normalized spacial score (nSPS) is 22.8. The van der Waals surface area contributed by atoms with Crippen molar-refractivity contribution >= 4 is 16.8 Å². The van der Waals surface area contributed by atoms with Gasteiger partial charge in [0.25, 0.3) is 5.91 Å². The molecule has 2 fully saturated rings. The first-order valence-electron chi connectivity index (χ1n) is 8.48. The van der Waals surface area contributed by atoms with E-state index in [1.807, 2.05) is 29.2 Å². The van der Waals surface area contributed by atoms with E-state index in [-0.39, 0.29) is 11.3 Å². The fourth-order valence-corrected chi connectivity index (χ4v) is 3.35. The number of carbonyl (C=O) groups excluding carboxylic acids is 1. The first-order chi connectivity index (χ1) is 11.5. The van der Waals surface area contributed by atoms with Crippen molar-refractivity contribution in [3.8, 4) is 0 Å². The lowest BCUT2D eigenvalue weighted by Crippen LogP contribution is -2.54. The van der Waals surface area contributed by atoms with Gasteiger partial charge < -0.3 is 14.4 Å². The number of para-hydroxylation sites is 1. The number of hydrogen-bond acceptors (Lipinski definition) is 4. The number of ether oxygens (including phenoxy) is 2. The second kappa shape index (κ2) is 5.57. The van der Waals surface area contributed by atoms with Crippen molar-refractivity contribution < 1.29 is 14.3 Å². The van der Waals surface area contributed by atoms with E-state index in [2.05, 4.69) is 24.0 Å². The van der Waals surface area contributed by atoms with Crippen molar-refractivity contribution in [2.45, 2.75) is 32.5 Å². The molecule has 2 aliphatic heterocycles. The zero-order chi connectivity index (χ0) is 16.8. The molecule has 2 aromatic rings. The van der Waals surface area contributed by atoms with Crippen LogP contribution in [0.1, 0.15) is 37.2 Å². The number of nitrogens with zero attached hydrogens (tertiary/aromatic N) is 2. The summed E-state index contributed by atoms with van der Waals surface area (Å²) in [5.41, 5.74) is 1.44. The van der Waals surface area contributed by atoms with E-state index < -0.39 is 5.79 Å². The van der Waals surface area contributed by atoms with Gasteiger partial charge in [-0.05, 0) is 6.07 Å². The predicted molar refractivity (Wildman–Crippen MR) is 89.6 cm³/mol. The summed E-state index contributed by atoms with van der Waals surface area (Å²) < 4.78 is 12.1. The average molecular weight is 329 g/mol. The highest BCUT2D eigenvalue weighted by Crippen LogP contribution is 2.36. The molecular weight excluding hydrogens is 306 g/mol. The second-order valence-electron chi connectivity index (χ2n) is 7.56. The summed E-state index contributed by atoms with van der Waals surface area (Å²) in [6.07, 6.45) is 1.41. The van der Waals surface area contributed by atoms with Gasteiger partial charge in [0, 0.05) is 36.7 Å². The van der Waals surface area contributed by atoms with Gasteiger partial charge in [0.15, 0.2) is 11.5 Å². The number of rotatable bonds is 1. The van der Waals surface area contributed by atoms with Gasteiger partial charge in [-0.3, -0.25) is 9.89 Å². The number of nitrogens with one attached hydrogen (secondary N) is 1. The average Bonchev–Trinajstić information content (AvgIpc) is 3.02. The molecular formula is C18H23N3O3. The standard InChI is InChI=1S/C18H23N3O3/c1-17(2)11-23-18(24-12-17)7-9-21(10-8-18)16(22)15-13-5-3-4-6-14(13)19-20-15/h3-6H,7-12H2,1-2H3,(H,19,20). The highest BCUT2D eigenvalue weighted by atomic mass is 16.7. The lowest BCUT2D eigenvalue weighted by atomic mass is 9.92. The number of H-pyrrole nitrogens is 1. The molecule has 0 bridgehead atoms. The fraction of sp³-hybridized carbons (Fsp3) is 0.556. The third-order valence-electron chi connectivity index (χ3n) is 4.94. The third-order valence-corrected chi connectivity index (χ3v) is 4.94. The van der Waals surface area contributed by atoms with Crippen LogP contribution in [0.4, 0.5) is 0 Å². The Morgan fingerprint density at radius 2 is 1.83 bits per heavy atom. The molecule has 6 nitrogen and oxygen atoms in total. The number of likely N-dealkylation sites (tertiary alicyclic amines) is 1. The molecule has 3 heterocycles. The van der Waals surface area contributed by atoms with Crippen molar-refractivity contribution in [1.82, 2.24) is 15.1 Å². The van der Waals surface area contributed by atoms with Crippen LogP contribution in [0.25, 0.3) is 10.9 Å². The number of amides is 1. The van der Waals surface area contributed by atoms with Crippen LogP contribution >= 0.6 is 0 Å². The molecule has 2 saturated heterocycles. The Morgan fingerprint density at radius 3 is 2.54 bits per heavy atom. The first kappa shape index (κ1) is 15.6. The summed E-state index contributed by atoms with van der Waals surface area (Å²) >= 11 is 0. The summed E-state index contributed by atoms with van der Waals surface area (Å²) in [6.45, 7) is 6.93. The van der Waals surface area contributed by atoms with Crippen LogP contribution < -0.4 is 0 Å². The minimum absolute atomic E-state index is 0.0292. The molecule has 1 aromatic heterocycles. The molecule has 0 saturated carbocycles. The highest BCUT2D eigenvalue weighted by Gasteiger charge is 2.43. The van der Waals surface area contributed by atoms with Gasteiger partial charge in [0.2, 0.25) is 0 Å². The molecule has 6 heteroatoms. The number of aromatic amines is 1. The van der Waals surface area contributed by atoms with E-state index in [1.54, 1.807) is 0 Å². The summed E-state index contributed by atoms with van der Waals surface area (Å²) in [5.74, 6) is -0.543. The molecule has 1 N–H and O–H groups in total. The molecule has 1 spiro atoms. The Bertz CT molecular complexity index is 748. The molecule has 0 unspecified atom stereocenters. The lowest BCUT2D eigenvalue weighted by Gasteiger charge is -2.47. The topological polar surface area (TPSA) is 67.5 Å². The minimum Gasteiger partial charge on any atom is -0.349 e. The van der Waals surface area contributed by atoms with E-state index in [0.717, 1.165) is 10.9 Å². The number of aromatic nitrogens is 2. The van der Waals surface area contributed by atoms with Gasteiger partial charge in [-0.15, -0.1) is 0 Å². The number of piperidine rings is 1. The zero-order valence-electron chi connectivity index (χ0n) is 14.2. The van der Waals surface area contributed by atoms with Gasteiger partial charge >= 0.3 is 0 Å². The van der Waals surface area contributed by atoms with Crippen LogP contribution in [0, 0.1) is 5.41 Å². The fourth-order valence-electron chi connectivity index (χ4n) is 3.35. The van der Waals surface area contributed by atoms with Crippen LogP contribution in [0.2, 0.25) is 0 Å². The largest absolute Gasteiger partial charge is 0.349 e. The third kappa shape index (κ3) is 2.70. The Hall–Kier alpha value is -1.92. The van der Waals surface area contributed by atoms with Gasteiger partial charge in [0.1, 0.15) is 0 Å². The molecule has 0 radical (unpaired) electrons. The van der Waals surface area contributed by atoms with Crippen LogP contribution in [0.5, 0.6) is 0 Å². The number of hydrogen-bond donors (Lipinski definition) is 1. The van der Waals surface area contributed by atoms with Crippen molar-refractivity contribution in [1.29, 1.82) is 0 Å². The van der Waals surface area contributed by atoms with Crippen LogP contribution in [-0.4, -0.2) is 53.1 Å². The van der Waals surface area contributed by atoms with Crippen LogP contribution in [0.15, 0.2) is 24.3 Å². The highest BCUT2D eigenvalue weighted by molar-refractivity contribution is 6.04. The van der Waals surface area contributed by atoms with E-state index >= 15 is 0 Å². The van der Waals surface area contributed by atoms with Crippen molar-refractivity contribution in [3.05, 3.63) is 30.0 Å². The quantitative estimate of drug-likeness (QED) is 0.873. The van der Waals surface area contributed by atoms with Crippen molar-refractivity contribution in [2.24, 2.45) is 5.41 Å². The van der Waals surface area contributed by atoms with E-state index in [1.165, 1.54) is 0 Å². The van der Waals surface area contributed by atoms with Crippen LogP contribution in [0.3, 0.4) is 0 Å². The summed E-state index contributed by atoms with van der Waals surface area (Å²) in [4.78, 5) is 14.7. The molecule has 2 aliphatic rings. The van der Waals surface area contributed by atoms with Crippen molar-refractivity contribution in [3.63, 3.8) is 0 Å². The SMILES string of the molecule is CC1(C)COC2(CCN(C(=O)c3n[nH]c4ccccc34)CC2)OC1. The summed E-state index contributed by atoms with van der Waals surface area (Å²) in [5, 5.41) is 8.01. The van der Waals surface area contributed by atoms with Crippen molar-refractivity contribution in [2.75, 3.05) is 26.3 Å². The van der Waals surface area contributed by atoms with Gasteiger partial charge in [-0.25, -0.2) is 0 Å². The molecule has 1 aromatic carbocycles. The molecule has 0 atom stereocenters. The van der Waals surface area contributed by atoms with Gasteiger partial charge in [-0.2, -0.15) is 5.10 Å². The lowest BCUT2D eigenvalue weighted by molar-refractivity contribution is -0.311. The molecule has 24 heavy (non-hydrogen) atoms. The minimum atomic E-state index is -0.514. The Labute approximate surface area is 141 Å². The Morgan fingerprint density at radius 1 is 1.17 bits per heavy atom. The van der Waals surface area contributed by atoms with Crippen LogP contribution in [-0.2, 0) is 9.47 Å². The second-order valence-corrected chi connectivity index (χ2v) is 7.56. The van der Waals surface area contributed by atoms with Gasteiger partial charge in [0.05, 0.1) is 18.7 Å². The first-order valence-corrected chi connectivity index (χ1v) is 8.48. The molecule has 1 amide bonds. The maximum Gasteiger partial charge on any atom is 0.274 e. The summed E-state index contributed by atoms with van der Waals surface area (Å²) in [6, 6.07) is 7.70.